The summed E-state index contributed by atoms with van der Waals surface area (Å²) >= 11 is 1.89. The molecule has 1 saturated heterocycles. The van der Waals surface area contributed by atoms with Gasteiger partial charge in [-0.3, -0.25) is 4.79 Å². The van der Waals surface area contributed by atoms with E-state index in [0.717, 1.165) is 76.6 Å². The standard InChI is InChI=1S/C25H29F2N3O2S/c1-3-17-18-8-13-30(15(2)31)14-22(18)33-21(17)9-12-29-10-6-16(7-11-29)24-19-4-5-20(26)23(27)25(19)32-28-24/h4-5,16H,3,6-14H2,1-2H3. The van der Waals surface area contributed by atoms with Crippen LogP contribution in [0.4, 0.5) is 8.78 Å². The van der Waals surface area contributed by atoms with Crippen molar-refractivity contribution in [3.8, 4) is 0 Å². The van der Waals surface area contributed by atoms with Crippen molar-refractivity contribution in [2.45, 2.75) is 58.4 Å². The smallest absolute Gasteiger partial charge is 0.219 e. The highest BCUT2D eigenvalue weighted by Gasteiger charge is 2.28. The van der Waals surface area contributed by atoms with E-state index in [9.17, 15) is 13.6 Å². The van der Waals surface area contributed by atoms with Crippen molar-refractivity contribution in [2.75, 3.05) is 26.2 Å². The van der Waals surface area contributed by atoms with Crippen molar-refractivity contribution in [2.24, 2.45) is 0 Å². The second-order valence-electron chi connectivity index (χ2n) is 9.12. The maximum absolute atomic E-state index is 14.0. The average Bonchev–Trinajstić information content (AvgIpc) is 3.41. The fourth-order valence-electron chi connectivity index (χ4n) is 5.36. The molecule has 0 aliphatic carbocycles. The minimum absolute atomic E-state index is 0.0791. The van der Waals surface area contributed by atoms with Gasteiger partial charge in [0.15, 0.2) is 5.82 Å². The molecule has 0 saturated carbocycles. The maximum Gasteiger partial charge on any atom is 0.219 e. The molecule has 176 valence electrons. The van der Waals surface area contributed by atoms with Crippen molar-refractivity contribution in [1.82, 2.24) is 15.0 Å². The van der Waals surface area contributed by atoms with Crippen LogP contribution in [0.2, 0.25) is 0 Å². The lowest BCUT2D eigenvalue weighted by Gasteiger charge is -2.31. The number of carbonyl (C=O) groups excluding carboxylic acids is 1. The zero-order valence-corrected chi connectivity index (χ0v) is 19.9. The monoisotopic (exact) mass is 473 g/mol. The third-order valence-electron chi connectivity index (χ3n) is 7.24. The quantitative estimate of drug-likeness (QED) is 0.520. The fourth-order valence-corrected chi connectivity index (χ4v) is 6.81. The number of likely N-dealkylation sites (tertiary alicyclic amines) is 1. The molecule has 0 N–H and O–H groups in total. The van der Waals surface area contributed by atoms with Crippen LogP contribution in [0.5, 0.6) is 0 Å². The first kappa shape index (κ1) is 22.5. The van der Waals surface area contributed by atoms with Crippen LogP contribution in [0, 0.1) is 11.6 Å². The van der Waals surface area contributed by atoms with Gasteiger partial charge in [0.2, 0.25) is 17.3 Å². The van der Waals surface area contributed by atoms with Crippen LogP contribution >= 0.6 is 11.3 Å². The minimum atomic E-state index is -0.958. The molecule has 2 aliphatic rings. The molecule has 1 aromatic carbocycles. The van der Waals surface area contributed by atoms with Gasteiger partial charge in [-0.15, -0.1) is 11.3 Å². The average molecular weight is 474 g/mol. The first-order valence-corrected chi connectivity index (χ1v) is 12.6. The summed E-state index contributed by atoms with van der Waals surface area (Å²) in [5.41, 5.74) is 3.65. The highest BCUT2D eigenvalue weighted by Crippen LogP contribution is 2.36. The number of thiophene rings is 1. The number of aromatic nitrogens is 1. The van der Waals surface area contributed by atoms with Crippen LogP contribution in [-0.4, -0.2) is 47.0 Å². The van der Waals surface area contributed by atoms with Crippen molar-refractivity contribution in [3.63, 3.8) is 0 Å². The third kappa shape index (κ3) is 4.19. The number of carbonyl (C=O) groups is 1. The summed E-state index contributed by atoms with van der Waals surface area (Å²) in [6, 6.07) is 2.72. The van der Waals surface area contributed by atoms with Gasteiger partial charge in [-0.05, 0) is 68.5 Å². The normalized spacial score (nSPS) is 17.6. The minimum Gasteiger partial charge on any atom is -0.353 e. The second-order valence-corrected chi connectivity index (χ2v) is 10.3. The van der Waals surface area contributed by atoms with Gasteiger partial charge in [0.1, 0.15) is 0 Å². The number of nitrogens with zero attached hydrogens (tertiary/aromatic N) is 3. The number of amides is 1. The Balaban J connectivity index is 1.21. The summed E-state index contributed by atoms with van der Waals surface area (Å²) in [6.45, 7) is 8.37. The zero-order valence-electron chi connectivity index (χ0n) is 19.1. The molecular formula is C25H29F2N3O2S. The molecule has 0 bridgehead atoms. The maximum atomic E-state index is 14.0. The Kier molecular flexibility index (Phi) is 6.22. The predicted molar refractivity (Wildman–Crippen MR) is 125 cm³/mol. The Bertz CT molecular complexity index is 1180. The SMILES string of the molecule is CCc1c(CCN2CCC(c3noc4c(F)c(F)ccc34)CC2)sc2c1CCN(C(C)=O)C2. The number of halogens is 2. The molecule has 5 nitrogen and oxygen atoms in total. The first-order chi connectivity index (χ1) is 16.0. The van der Waals surface area contributed by atoms with E-state index in [2.05, 4.69) is 17.0 Å². The molecule has 8 heteroatoms. The second kappa shape index (κ2) is 9.14. The van der Waals surface area contributed by atoms with Crippen LogP contribution in [-0.2, 0) is 30.6 Å². The highest BCUT2D eigenvalue weighted by atomic mass is 32.1. The Labute approximate surface area is 196 Å². The number of benzene rings is 1. The molecule has 33 heavy (non-hydrogen) atoms. The highest BCUT2D eigenvalue weighted by molar-refractivity contribution is 7.12. The Morgan fingerprint density at radius 3 is 2.76 bits per heavy atom. The van der Waals surface area contributed by atoms with E-state index < -0.39 is 11.6 Å². The van der Waals surface area contributed by atoms with E-state index in [1.165, 1.54) is 20.9 Å². The van der Waals surface area contributed by atoms with E-state index in [0.29, 0.717) is 5.39 Å². The van der Waals surface area contributed by atoms with Gasteiger partial charge in [-0.1, -0.05) is 12.1 Å². The van der Waals surface area contributed by atoms with Crippen LogP contribution < -0.4 is 0 Å². The van der Waals surface area contributed by atoms with Gasteiger partial charge < -0.3 is 14.3 Å². The van der Waals surface area contributed by atoms with Gasteiger partial charge in [0.05, 0.1) is 12.2 Å². The molecule has 2 aromatic heterocycles. The van der Waals surface area contributed by atoms with Crippen molar-refractivity contribution < 1.29 is 18.1 Å². The van der Waals surface area contributed by atoms with Gasteiger partial charge in [0, 0.05) is 41.1 Å². The number of hydrogen-bond acceptors (Lipinski definition) is 5. The van der Waals surface area contributed by atoms with Crippen LogP contribution in [0.15, 0.2) is 16.7 Å². The topological polar surface area (TPSA) is 49.6 Å². The molecule has 0 unspecified atom stereocenters. The fraction of sp³-hybridized carbons (Fsp3) is 0.520. The Morgan fingerprint density at radius 1 is 1.24 bits per heavy atom. The molecule has 1 amide bonds. The molecule has 5 rings (SSSR count). The summed E-state index contributed by atoms with van der Waals surface area (Å²) in [7, 11) is 0. The number of rotatable bonds is 5. The van der Waals surface area contributed by atoms with Crippen LogP contribution in [0.25, 0.3) is 11.0 Å². The molecule has 4 heterocycles. The van der Waals surface area contributed by atoms with Gasteiger partial charge >= 0.3 is 0 Å². The third-order valence-corrected chi connectivity index (χ3v) is 8.56. The van der Waals surface area contributed by atoms with Gasteiger partial charge in [-0.25, -0.2) is 4.39 Å². The number of fused-ring (bicyclic) bond motifs is 2. The predicted octanol–water partition coefficient (Wildman–Crippen LogP) is 5.06. The molecule has 2 aliphatic heterocycles. The van der Waals surface area contributed by atoms with E-state index in [4.69, 9.17) is 4.52 Å². The molecule has 3 aromatic rings. The zero-order chi connectivity index (χ0) is 23.1. The summed E-state index contributed by atoms with van der Waals surface area (Å²) in [5.74, 6) is -1.51. The van der Waals surface area contributed by atoms with E-state index in [1.54, 1.807) is 13.0 Å². The summed E-state index contributed by atoms with van der Waals surface area (Å²) in [4.78, 5) is 19.1. The lowest BCUT2D eigenvalue weighted by Crippen LogP contribution is -2.34. The lowest BCUT2D eigenvalue weighted by atomic mass is 9.91. The Morgan fingerprint density at radius 2 is 2.03 bits per heavy atom. The largest absolute Gasteiger partial charge is 0.353 e. The summed E-state index contributed by atoms with van der Waals surface area (Å²) in [5, 5.41) is 4.68. The molecular weight excluding hydrogens is 444 g/mol. The van der Waals surface area contributed by atoms with Crippen molar-refractivity contribution >= 4 is 28.2 Å². The number of hydrogen-bond donors (Lipinski definition) is 0. The van der Waals surface area contributed by atoms with Crippen molar-refractivity contribution in [3.05, 3.63) is 50.3 Å². The molecule has 1 fully saturated rings. The molecule has 0 spiro atoms. The first-order valence-electron chi connectivity index (χ1n) is 11.8. The lowest BCUT2D eigenvalue weighted by molar-refractivity contribution is -0.129. The molecule has 0 atom stereocenters. The van der Waals surface area contributed by atoms with Crippen LogP contribution in [0.3, 0.4) is 0 Å². The van der Waals surface area contributed by atoms with E-state index in [-0.39, 0.29) is 17.4 Å². The summed E-state index contributed by atoms with van der Waals surface area (Å²) < 4.78 is 32.6. The Hall–Kier alpha value is -2.32. The summed E-state index contributed by atoms with van der Waals surface area (Å²) in [6.07, 6.45) is 4.89. The van der Waals surface area contributed by atoms with Crippen molar-refractivity contribution in [1.29, 1.82) is 0 Å². The number of piperidine rings is 1. The van der Waals surface area contributed by atoms with Crippen LogP contribution in [0.1, 0.15) is 59.2 Å². The van der Waals surface area contributed by atoms with Gasteiger partial charge in [0.25, 0.3) is 0 Å². The van der Waals surface area contributed by atoms with E-state index >= 15 is 0 Å². The van der Waals surface area contributed by atoms with Gasteiger partial charge in [-0.2, -0.15) is 4.39 Å². The molecule has 0 radical (unpaired) electrons. The van der Waals surface area contributed by atoms with E-state index in [1.807, 2.05) is 16.2 Å².